The zero-order chi connectivity index (χ0) is 15.0. The highest BCUT2D eigenvalue weighted by Gasteiger charge is 2.14. The summed E-state index contributed by atoms with van der Waals surface area (Å²) in [6.07, 6.45) is 3.48. The maximum Gasteiger partial charge on any atom is 0.308 e. The number of benzene rings is 1. The van der Waals surface area contributed by atoms with Crippen molar-refractivity contribution in [2.75, 3.05) is 13.7 Å². The number of carbonyl (C=O) groups excluding carboxylic acids is 1. The average molecular weight is 277 g/mol. The molecule has 0 spiro atoms. The van der Waals surface area contributed by atoms with E-state index < -0.39 is 11.9 Å². The highest BCUT2D eigenvalue weighted by atomic mass is 16.5. The highest BCUT2D eigenvalue weighted by Crippen LogP contribution is 2.18. The molecule has 1 unspecified atom stereocenters. The number of hydrogen-bond donors (Lipinski definition) is 2. The van der Waals surface area contributed by atoms with Crippen molar-refractivity contribution in [1.82, 2.24) is 5.32 Å². The molecule has 0 fully saturated rings. The summed E-state index contributed by atoms with van der Waals surface area (Å²) in [5, 5.41) is 11.5. The van der Waals surface area contributed by atoms with E-state index in [0.717, 1.165) is 5.56 Å². The Morgan fingerprint density at radius 2 is 2.10 bits per heavy atom. The lowest BCUT2D eigenvalue weighted by molar-refractivity contribution is -0.141. The van der Waals surface area contributed by atoms with Crippen molar-refractivity contribution in [3.63, 3.8) is 0 Å². The Morgan fingerprint density at radius 3 is 2.70 bits per heavy atom. The van der Waals surface area contributed by atoms with E-state index in [-0.39, 0.29) is 12.5 Å². The Balaban J connectivity index is 2.57. The number of nitrogens with one attached hydrogen (secondary N) is 1. The minimum absolute atomic E-state index is 0.126. The molecule has 0 aromatic heterocycles. The third kappa shape index (κ3) is 4.76. The number of para-hydroxylation sites is 1. The van der Waals surface area contributed by atoms with Gasteiger partial charge in [0.15, 0.2) is 0 Å². The molecule has 1 rings (SSSR count). The first kappa shape index (κ1) is 15.8. The number of hydrogen-bond acceptors (Lipinski definition) is 3. The van der Waals surface area contributed by atoms with Crippen molar-refractivity contribution >= 4 is 18.0 Å². The Bertz CT molecular complexity index is 496. The van der Waals surface area contributed by atoms with Gasteiger partial charge in [0.25, 0.3) is 0 Å². The first-order chi connectivity index (χ1) is 9.58. The number of rotatable bonds is 7. The molecular weight excluding hydrogens is 258 g/mol. The van der Waals surface area contributed by atoms with Gasteiger partial charge in [-0.15, -0.1) is 0 Å². The molecule has 0 saturated carbocycles. The lowest BCUT2D eigenvalue weighted by atomic mass is 10.1. The third-order valence-corrected chi connectivity index (χ3v) is 2.92. The van der Waals surface area contributed by atoms with E-state index in [1.165, 1.54) is 6.08 Å². The number of methoxy groups -OCH3 is 1. The van der Waals surface area contributed by atoms with Crippen molar-refractivity contribution < 1.29 is 19.4 Å². The van der Waals surface area contributed by atoms with Gasteiger partial charge in [-0.05, 0) is 18.6 Å². The van der Waals surface area contributed by atoms with Crippen LogP contribution in [0.4, 0.5) is 0 Å². The molecule has 20 heavy (non-hydrogen) atoms. The number of carbonyl (C=O) groups is 2. The molecule has 5 nitrogen and oxygen atoms in total. The van der Waals surface area contributed by atoms with E-state index in [1.807, 2.05) is 18.2 Å². The molecule has 0 aliphatic heterocycles. The van der Waals surface area contributed by atoms with Crippen molar-refractivity contribution in [1.29, 1.82) is 0 Å². The van der Waals surface area contributed by atoms with Gasteiger partial charge in [0.05, 0.1) is 13.0 Å². The van der Waals surface area contributed by atoms with Crippen LogP contribution in [0.15, 0.2) is 30.3 Å². The molecule has 1 aromatic carbocycles. The van der Waals surface area contributed by atoms with Crippen LogP contribution in [-0.4, -0.2) is 30.6 Å². The topological polar surface area (TPSA) is 75.6 Å². The first-order valence-corrected chi connectivity index (χ1v) is 6.40. The molecule has 0 saturated heterocycles. The van der Waals surface area contributed by atoms with Crippen LogP contribution in [0.5, 0.6) is 5.75 Å². The molecule has 5 heteroatoms. The Kier molecular flexibility index (Phi) is 6.29. The second-order valence-corrected chi connectivity index (χ2v) is 4.26. The van der Waals surface area contributed by atoms with Gasteiger partial charge in [-0.25, -0.2) is 0 Å². The van der Waals surface area contributed by atoms with Crippen molar-refractivity contribution in [2.45, 2.75) is 13.3 Å². The van der Waals surface area contributed by atoms with Crippen molar-refractivity contribution in [3.05, 3.63) is 35.9 Å². The van der Waals surface area contributed by atoms with Crippen LogP contribution in [0.3, 0.4) is 0 Å². The van der Waals surface area contributed by atoms with E-state index in [4.69, 9.17) is 9.84 Å². The maximum absolute atomic E-state index is 11.6. The predicted molar refractivity (Wildman–Crippen MR) is 76.5 cm³/mol. The molecule has 0 aliphatic rings. The summed E-state index contributed by atoms with van der Waals surface area (Å²) in [7, 11) is 1.56. The molecule has 0 heterocycles. The molecule has 108 valence electrons. The van der Waals surface area contributed by atoms with E-state index in [1.54, 1.807) is 26.2 Å². The predicted octanol–water partition coefficient (Wildman–Crippen LogP) is 1.94. The molecule has 1 aromatic rings. The molecular formula is C15H19NO4. The van der Waals surface area contributed by atoms with Gasteiger partial charge in [0, 0.05) is 18.2 Å². The minimum atomic E-state index is -0.901. The summed E-state index contributed by atoms with van der Waals surface area (Å²) >= 11 is 0. The van der Waals surface area contributed by atoms with Crippen LogP contribution in [0.2, 0.25) is 0 Å². The standard InChI is InChI=1S/C15H19NO4/c1-3-11(15(18)19)10-16-14(17)9-8-12-6-4-5-7-13(12)20-2/h4-9,11H,3,10H2,1-2H3,(H,16,17)(H,18,19). The van der Waals surface area contributed by atoms with Gasteiger partial charge >= 0.3 is 5.97 Å². The lowest BCUT2D eigenvalue weighted by Crippen LogP contribution is -2.31. The quantitative estimate of drug-likeness (QED) is 0.747. The lowest BCUT2D eigenvalue weighted by Gasteiger charge is -2.09. The molecule has 1 amide bonds. The van der Waals surface area contributed by atoms with E-state index in [0.29, 0.717) is 12.2 Å². The van der Waals surface area contributed by atoms with Crippen molar-refractivity contribution in [2.24, 2.45) is 5.92 Å². The number of amides is 1. The fourth-order valence-electron chi connectivity index (χ4n) is 1.66. The van der Waals surface area contributed by atoms with Gasteiger partial charge in [-0.2, -0.15) is 0 Å². The summed E-state index contributed by atoms with van der Waals surface area (Å²) < 4.78 is 5.16. The first-order valence-electron chi connectivity index (χ1n) is 6.40. The summed E-state index contributed by atoms with van der Waals surface area (Å²) in [6, 6.07) is 7.32. The van der Waals surface area contributed by atoms with Gasteiger partial charge in [-0.1, -0.05) is 25.1 Å². The van der Waals surface area contributed by atoms with Crippen molar-refractivity contribution in [3.8, 4) is 5.75 Å². The second kappa shape index (κ2) is 7.99. The van der Waals surface area contributed by atoms with Crippen LogP contribution >= 0.6 is 0 Å². The average Bonchev–Trinajstić information content (AvgIpc) is 2.45. The van der Waals surface area contributed by atoms with Gasteiger partial charge in [-0.3, -0.25) is 9.59 Å². The van der Waals surface area contributed by atoms with Gasteiger partial charge < -0.3 is 15.2 Å². The summed E-state index contributed by atoms with van der Waals surface area (Å²) in [4.78, 5) is 22.4. The van der Waals surface area contributed by atoms with Gasteiger partial charge in [0.1, 0.15) is 5.75 Å². The van der Waals surface area contributed by atoms with E-state index in [9.17, 15) is 9.59 Å². The number of aliphatic carboxylic acids is 1. The Morgan fingerprint density at radius 1 is 1.40 bits per heavy atom. The fraction of sp³-hybridized carbons (Fsp3) is 0.333. The molecule has 0 aliphatic carbocycles. The summed E-state index contributed by atoms with van der Waals surface area (Å²) in [5.74, 6) is -1.11. The molecule has 2 N–H and O–H groups in total. The number of carboxylic acid groups (broad SMARTS) is 1. The zero-order valence-electron chi connectivity index (χ0n) is 11.6. The van der Waals surface area contributed by atoms with Crippen LogP contribution in [-0.2, 0) is 9.59 Å². The van der Waals surface area contributed by atoms with E-state index in [2.05, 4.69) is 5.32 Å². The normalized spacial score (nSPS) is 12.1. The summed E-state index contributed by atoms with van der Waals surface area (Å²) in [5.41, 5.74) is 0.787. The van der Waals surface area contributed by atoms with Crippen LogP contribution < -0.4 is 10.1 Å². The zero-order valence-corrected chi connectivity index (χ0v) is 11.6. The Hall–Kier alpha value is -2.30. The van der Waals surface area contributed by atoms with Crippen LogP contribution in [0.25, 0.3) is 6.08 Å². The molecule has 0 bridgehead atoms. The smallest absolute Gasteiger partial charge is 0.308 e. The number of carboxylic acids is 1. The van der Waals surface area contributed by atoms with Crippen LogP contribution in [0.1, 0.15) is 18.9 Å². The Labute approximate surface area is 118 Å². The molecule has 0 radical (unpaired) electrons. The maximum atomic E-state index is 11.6. The SMILES string of the molecule is CCC(CNC(=O)C=Cc1ccccc1OC)C(=O)O. The monoisotopic (exact) mass is 277 g/mol. The molecule has 1 atom stereocenters. The summed E-state index contributed by atoms with van der Waals surface area (Å²) in [6.45, 7) is 1.90. The number of ether oxygens (including phenoxy) is 1. The van der Waals surface area contributed by atoms with Gasteiger partial charge in [0.2, 0.25) is 5.91 Å². The highest BCUT2D eigenvalue weighted by molar-refractivity contribution is 5.92. The fourth-order valence-corrected chi connectivity index (χ4v) is 1.66. The largest absolute Gasteiger partial charge is 0.496 e. The van der Waals surface area contributed by atoms with Crippen LogP contribution in [0, 0.1) is 5.92 Å². The van der Waals surface area contributed by atoms with E-state index >= 15 is 0 Å². The third-order valence-electron chi connectivity index (χ3n) is 2.92. The second-order valence-electron chi connectivity index (χ2n) is 4.26. The minimum Gasteiger partial charge on any atom is -0.496 e.